The van der Waals surface area contributed by atoms with E-state index in [9.17, 15) is 9.32 Å². The molecule has 0 spiro atoms. The molecule has 6 nitrogen and oxygen atoms in total. The van der Waals surface area contributed by atoms with Gasteiger partial charge in [0.05, 0.1) is 31.8 Å². The van der Waals surface area contributed by atoms with Crippen molar-refractivity contribution in [1.29, 1.82) is 0 Å². The summed E-state index contributed by atoms with van der Waals surface area (Å²) in [7, 11) is -0.714. The minimum atomic E-state index is -0.714. The number of hydrogen-bond donors (Lipinski definition) is 3. The van der Waals surface area contributed by atoms with E-state index in [1.807, 2.05) is 13.8 Å². The lowest BCUT2D eigenvalue weighted by molar-refractivity contribution is -0.130. The number of hydrogen-bond acceptors (Lipinski definition) is 4. The van der Waals surface area contributed by atoms with Crippen LogP contribution in [0.15, 0.2) is 4.99 Å². The van der Waals surface area contributed by atoms with E-state index >= 15 is 0 Å². The van der Waals surface area contributed by atoms with Gasteiger partial charge < -0.3 is 20.5 Å². The van der Waals surface area contributed by atoms with Gasteiger partial charge in [0.15, 0.2) is 5.96 Å². The predicted molar refractivity (Wildman–Crippen MR) is 94.2 cm³/mol. The standard InChI is InChI=1S/C16H31N3O3S/c1-3-17-15(18-9-16(10-20)11-22-12-16)19-13-6-5-7-14(8-13)23(21)4-2/h13-14,20H,3-12H2,1-2H3,(H2,17,18,19). The third kappa shape index (κ3) is 5.16. The third-order valence-corrected chi connectivity index (χ3v) is 6.43. The molecule has 0 aromatic carbocycles. The van der Waals surface area contributed by atoms with E-state index in [0.29, 0.717) is 31.1 Å². The van der Waals surface area contributed by atoms with Gasteiger partial charge in [-0.15, -0.1) is 0 Å². The SMILES string of the molecule is CCNC(=NCC1(CO)COC1)NC1CCCC(S(=O)CC)C1. The smallest absolute Gasteiger partial charge is 0.191 e. The normalized spacial score (nSPS) is 28.7. The van der Waals surface area contributed by atoms with Gasteiger partial charge in [-0.3, -0.25) is 9.20 Å². The maximum Gasteiger partial charge on any atom is 0.191 e. The van der Waals surface area contributed by atoms with Crippen LogP contribution in [0, 0.1) is 5.41 Å². The number of aliphatic hydroxyl groups is 1. The van der Waals surface area contributed by atoms with Crippen molar-refractivity contribution >= 4 is 16.8 Å². The zero-order chi connectivity index (χ0) is 16.7. The quantitative estimate of drug-likeness (QED) is 0.466. The highest BCUT2D eigenvalue weighted by Gasteiger charge is 2.38. The molecule has 134 valence electrons. The first-order valence-electron chi connectivity index (χ1n) is 8.73. The van der Waals surface area contributed by atoms with Gasteiger partial charge in [-0.1, -0.05) is 13.3 Å². The molecule has 0 aromatic rings. The summed E-state index contributed by atoms with van der Waals surface area (Å²) in [6, 6.07) is 0.324. The molecule has 2 fully saturated rings. The summed E-state index contributed by atoms with van der Waals surface area (Å²) < 4.78 is 17.3. The van der Waals surface area contributed by atoms with Gasteiger partial charge in [-0.2, -0.15) is 0 Å². The van der Waals surface area contributed by atoms with E-state index in [1.165, 1.54) is 0 Å². The lowest BCUT2D eigenvalue weighted by atomic mass is 9.87. The van der Waals surface area contributed by atoms with Crippen molar-refractivity contribution < 1.29 is 14.1 Å². The van der Waals surface area contributed by atoms with Gasteiger partial charge >= 0.3 is 0 Å². The van der Waals surface area contributed by atoms with Crippen LogP contribution in [0.1, 0.15) is 39.5 Å². The van der Waals surface area contributed by atoms with Crippen LogP contribution in [0.5, 0.6) is 0 Å². The van der Waals surface area contributed by atoms with Gasteiger partial charge in [0, 0.05) is 34.4 Å². The Balaban J connectivity index is 1.91. The van der Waals surface area contributed by atoms with Crippen LogP contribution in [0.25, 0.3) is 0 Å². The number of rotatable bonds is 7. The second-order valence-corrected chi connectivity index (χ2v) is 8.65. The van der Waals surface area contributed by atoms with Crippen LogP contribution >= 0.6 is 0 Å². The predicted octanol–water partition coefficient (Wildman–Crippen LogP) is 0.630. The molecular formula is C16H31N3O3S. The highest BCUT2D eigenvalue weighted by Crippen LogP contribution is 2.27. The molecule has 3 unspecified atom stereocenters. The largest absolute Gasteiger partial charge is 0.396 e. The van der Waals surface area contributed by atoms with Gasteiger partial charge in [0.2, 0.25) is 0 Å². The molecule has 7 heteroatoms. The van der Waals surface area contributed by atoms with Crippen molar-refractivity contribution in [3.8, 4) is 0 Å². The summed E-state index contributed by atoms with van der Waals surface area (Å²) in [5.74, 6) is 1.53. The number of nitrogens with zero attached hydrogens (tertiary/aromatic N) is 1. The zero-order valence-electron chi connectivity index (χ0n) is 14.3. The Bertz CT molecular complexity index is 421. The Morgan fingerprint density at radius 3 is 2.74 bits per heavy atom. The lowest BCUT2D eigenvalue weighted by Gasteiger charge is -2.38. The molecule has 23 heavy (non-hydrogen) atoms. The van der Waals surface area contributed by atoms with Crippen LogP contribution in [0.4, 0.5) is 0 Å². The van der Waals surface area contributed by atoms with E-state index in [1.54, 1.807) is 0 Å². The number of aliphatic imine (C=N–C) groups is 1. The molecule has 1 heterocycles. The minimum Gasteiger partial charge on any atom is -0.396 e. The summed E-state index contributed by atoms with van der Waals surface area (Å²) in [6.45, 7) is 6.66. The molecule has 0 bridgehead atoms. The van der Waals surface area contributed by atoms with E-state index < -0.39 is 10.8 Å². The summed E-state index contributed by atoms with van der Waals surface area (Å²) in [5.41, 5.74) is -0.207. The van der Waals surface area contributed by atoms with Gasteiger partial charge in [-0.25, -0.2) is 0 Å². The maximum absolute atomic E-state index is 12.1. The fourth-order valence-corrected chi connectivity index (χ4v) is 4.48. The first kappa shape index (κ1) is 18.7. The highest BCUT2D eigenvalue weighted by molar-refractivity contribution is 7.85. The van der Waals surface area contributed by atoms with Crippen molar-refractivity contribution in [3.05, 3.63) is 0 Å². The van der Waals surface area contributed by atoms with E-state index in [0.717, 1.165) is 43.9 Å². The molecule has 1 aliphatic carbocycles. The average Bonchev–Trinajstić information content (AvgIpc) is 2.54. The van der Waals surface area contributed by atoms with E-state index in [2.05, 4.69) is 15.6 Å². The molecule has 0 amide bonds. The van der Waals surface area contributed by atoms with Crippen molar-refractivity contribution in [2.75, 3.05) is 38.7 Å². The fourth-order valence-electron chi connectivity index (χ4n) is 3.13. The molecule has 0 aromatic heterocycles. The van der Waals surface area contributed by atoms with Crippen LogP contribution in [-0.4, -0.2) is 65.2 Å². The monoisotopic (exact) mass is 345 g/mol. The lowest BCUT2D eigenvalue weighted by Crippen LogP contribution is -2.50. The molecule has 3 N–H and O–H groups in total. The number of aliphatic hydroxyl groups excluding tert-OH is 1. The molecule has 1 saturated carbocycles. The van der Waals surface area contributed by atoms with Crippen molar-refractivity contribution in [2.24, 2.45) is 10.4 Å². The molecule has 2 aliphatic rings. The van der Waals surface area contributed by atoms with E-state index in [-0.39, 0.29) is 12.0 Å². The van der Waals surface area contributed by atoms with Crippen LogP contribution in [0.2, 0.25) is 0 Å². The molecule has 0 radical (unpaired) electrons. The Hall–Kier alpha value is -0.660. The molecular weight excluding hydrogens is 314 g/mol. The molecule has 1 saturated heterocycles. The highest BCUT2D eigenvalue weighted by atomic mass is 32.2. The van der Waals surface area contributed by atoms with Crippen molar-refractivity contribution in [3.63, 3.8) is 0 Å². The summed E-state index contributed by atoms with van der Waals surface area (Å²) in [4.78, 5) is 4.64. The van der Waals surface area contributed by atoms with Crippen LogP contribution < -0.4 is 10.6 Å². The van der Waals surface area contributed by atoms with E-state index in [4.69, 9.17) is 4.74 Å². The second kappa shape index (κ2) is 8.99. The Kier molecular flexibility index (Phi) is 7.30. The minimum absolute atomic E-state index is 0.108. The molecule has 3 atom stereocenters. The van der Waals surface area contributed by atoms with Crippen LogP contribution in [-0.2, 0) is 15.5 Å². The van der Waals surface area contributed by atoms with Gasteiger partial charge in [0.25, 0.3) is 0 Å². The van der Waals surface area contributed by atoms with Crippen molar-refractivity contribution in [2.45, 2.75) is 50.8 Å². The third-order valence-electron chi connectivity index (χ3n) is 4.69. The van der Waals surface area contributed by atoms with Crippen molar-refractivity contribution in [1.82, 2.24) is 10.6 Å². The summed E-state index contributed by atoms with van der Waals surface area (Å²) >= 11 is 0. The summed E-state index contributed by atoms with van der Waals surface area (Å²) in [6.07, 6.45) is 4.22. The molecule has 2 rings (SSSR count). The fraction of sp³-hybridized carbons (Fsp3) is 0.938. The average molecular weight is 346 g/mol. The first-order valence-corrected chi connectivity index (χ1v) is 10.1. The maximum atomic E-state index is 12.1. The second-order valence-electron chi connectivity index (χ2n) is 6.65. The Morgan fingerprint density at radius 2 is 2.17 bits per heavy atom. The first-order chi connectivity index (χ1) is 11.1. The number of ether oxygens (including phenoxy) is 1. The van der Waals surface area contributed by atoms with Gasteiger partial charge in [-0.05, 0) is 26.2 Å². The topological polar surface area (TPSA) is 83.0 Å². The number of nitrogens with one attached hydrogen (secondary N) is 2. The van der Waals surface area contributed by atoms with Gasteiger partial charge in [0.1, 0.15) is 0 Å². The summed E-state index contributed by atoms with van der Waals surface area (Å²) in [5, 5.41) is 16.6. The molecule has 1 aliphatic heterocycles. The zero-order valence-corrected chi connectivity index (χ0v) is 15.2. The Labute approximate surface area is 141 Å². The van der Waals surface area contributed by atoms with Crippen LogP contribution in [0.3, 0.4) is 0 Å². The number of guanidine groups is 1. The Morgan fingerprint density at radius 1 is 1.39 bits per heavy atom.